The first kappa shape index (κ1) is 10.6. The molecule has 0 radical (unpaired) electrons. The molecule has 72 valence electrons. The van der Waals surface area contributed by atoms with E-state index >= 15 is 0 Å². The fraction of sp³-hybridized carbons (Fsp3) is 0.455. The van der Waals surface area contributed by atoms with Gasteiger partial charge in [-0.1, -0.05) is 29.8 Å². The Kier molecular flexibility index (Phi) is 4.33. The number of aryl methyl sites for hydroxylation is 1. The minimum Gasteiger partial charge on any atom is -0.312 e. The minimum absolute atomic E-state index is 0.481. The van der Waals surface area contributed by atoms with Crippen LogP contribution >= 0.6 is 11.8 Å². The maximum Gasteiger partial charge on any atom is 0.0409 e. The van der Waals surface area contributed by atoms with E-state index in [0.29, 0.717) is 6.04 Å². The highest BCUT2D eigenvalue weighted by atomic mass is 32.2. The summed E-state index contributed by atoms with van der Waals surface area (Å²) in [6.07, 6.45) is 2.14. The van der Waals surface area contributed by atoms with E-state index in [1.807, 2.05) is 18.8 Å². The predicted molar refractivity (Wildman–Crippen MR) is 61.4 cm³/mol. The molecule has 0 heterocycles. The summed E-state index contributed by atoms with van der Waals surface area (Å²) in [5, 5.41) is 3.33. The Morgan fingerprint density at radius 1 is 1.46 bits per heavy atom. The van der Waals surface area contributed by atoms with Gasteiger partial charge in [0.05, 0.1) is 0 Å². The summed E-state index contributed by atoms with van der Waals surface area (Å²) in [6, 6.07) is 9.17. The van der Waals surface area contributed by atoms with Crippen molar-refractivity contribution in [2.45, 2.75) is 13.0 Å². The number of benzene rings is 1. The lowest BCUT2D eigenvalue weighted by atomic mass is 10.1. The summed E-state index contributed by atoms with van der Waals surface area (Å²) in [5.41, 5.74) is 2.72. The van der Waals surface area contributed by atoms with Gasteiger partial charge in [-0.3, -0.25) is 0 Å². The number of hydrogen-bond donors (Lipinski definition) is 1. The Morgan fingerprint density at radius 2 is 2.23 bits per heavy atom. The maximum atomic E-state index is 3.33. The normalized spacial score (nSPS) is 12.8. The predicted octanol–water partition coefficient (Wildman–Crippen LogP) is 2.62. The molecule has 1 atom stereocenters. The van der Waals surface area contributed by atoms with Gasteiger partial charge in [-0.2, -0.15) is 11.8 Å². The van der Waals surface area contributed by atoms with E-state index in [0.717, 1.165) is 5.75 Å². The summed E-state index contributed by atoms with van der Waals surface area (Å²) in [5.74, 6) is 1.12. The molecule has 1 aromatic rings. The average molecular weight is 195 g/mol. The fourth-order valence-electron chi connectivity index (χ4n) is 1.40. The first-order chi connectivity index (χ1) is 6.27. The number of hydrogen-bond acceptors (Lipinski definition) is 2. The molecule has 1 aromatic carbocycles. The second-order valence-corrected chi connectivity index (χ2v) is 4.12. The van der Waals surface area contributed by atoms with Gasteiger partial charge < -0.3 is 5.32 Å². The largest absolute Gasteiger partial charge is 0.312 e. The molecule has 2 heteroatoms. The van der Waals surface area contributed by atoms with E-state index in [1.54, 1.807) is 0 Å². The van der Waals surface area contributed by atoms with Crippen molar-refractivity contribution < 1.29 is 0 Å². The van der Waals surface area contributed by atoms with Gasteiger partial charge in [0.15, 0.2) is 0 Å². The molecular formula is C11H17NS. The number of thioether (sulfide) groups is 1. The first-order valence-electron chi connectivity index (χ1n) is 4.50. The summed E-state index contributed by atoms with van der Waals surface area (Å²) in [4.78, 5) is 0. The summed E-state index contributed by atoms with van der Waals surface area (Å²) >= 11 is 1.87. The highest BCUT2D eigenvalue weighted by Crippen LogP contribution is 2.17. The molecule has 1 unspecified atom stereocenters. The Balaban J connectivity index is 2.78. The molecule has 0 aliphatic rings. The van der Waals surface area contributed by atoms with Gasteiger partial charge in [-0.05, 0) is 25.8 Å². The second kappa shape index (κ2) is 5.30. The van der Waals surface area contributed by atoms with E-state index in [2.05, 4.69) is 42.8 Å². The van der Waals surface area contributed by atoms with Crippen LogP contribution in [-0.2, 0) is 0 Å². The van der Waals surface area contributed by atoms with Gasteiger partial charge in [0.2, 0.25) is 0 Å². The second-order valence-electron chi connectivity index (χ2n) is 3.21. The lowest BCUT2D eigenvalue weighted by Crippen LogP contribution is -2.18. The number of nitrogens with one attached hydrogen (secondary N) is 1. The molecule has 0 spiro atoms. The topological polar surface area (TPSA) is 12.0 Å². The molecule has 1 nitrogen and oxygen atoms in total. The van der Waals surface area contributed by atoms with Crippen molar-refractivity contribution in [3.8, 4) is 0 Å². The Hall–Kier alpha value is -0.470. The van der Waals surface area contributed by atoms with Crippen LogP contribution in [0.15, 0.2) is 24.3 Å². The molecule has 1 rings (SSSR count). The van der Waals surface area contributed by atoms with Crippen molar-refractivity contribution >= 4 is 11.8 Å². The quantitative estimate of drug-likeness (QED) is 0.792. The van der Waals surface area contributed by atoms with Crippen molar-refractivity contribution in [2.24, 2.45) is 0 Å². The zero-order chi connectivity index (χ0) is 9.68. The molecule has 13 heavy (non-hydrogen) atoms. The monoisotopic (exact) mass is 195 g/mol. The standard InChI is InChI=1S/C11H17NS/c1-9-5-4-6-10(7-9)11(12-2)8-13-3/h4-7,11-12H,8H2,1-3H3. The van der Waals surface area contributed by atoms with Gasteiger partial charge in [0, 0.05) is 11.8 Å². The molecule has 0 bridgehead atoms. The first-order valence-corrected chi connectivity index (χ1v) is 5.90. The molecule has 0 aliphatic heterocycles. The number of rotatable bonds is 4. The van der Waals surface area contributed by atoms with Crippen LogP contribution in [0, 0.1) is 6.92 Å². The van der Waals surface area contributed by atoms with Gasteiger partial charge in [0.25, 0.3) is 0 Å². The van der Waals surface area contributed by atoms with Crippen molar-refractivity contribution in [1.29, 1.82) is 0 Å². The SMILES string of the molecule is CNC(CSC)c1cccc(C)c1. The van der Waals surface area contributed by atoms with E-state index in [9.17, 15) is 0 Å². The Labute approximate surface area is 84.9 Å². The van der Waals surface area contributed by atoms with Crippen LogP contribution in [0.1, 0.15) is 17.2 Å². The van der Waals surface area contributed by atoms with Crippen molar-refractivity contribution in [3.05, 3.63) is 35.4 Å². The molecule has 0 fully saturated rings. The highest BCUT2D eigenvalue weighted by molar-refractivity contribution is 7.98. The van der Waals surface area contributed by atoms with Crippen LogP contribution in [0.3, 0.4) is 0 Å². The third-order valence-corrected chi connectivity index (χ3v) is 2.79. The summed E-state index contributed by atoms with van der Waals surface area (Å²) in [7, 11) is 2.02. The fourth-order valence-corrected chi connectivity index (χ4v) is 2.09. The highest BCUT2D eigenvalue weighted by Gasteiger charge is 2.07. The van der Waals surface area contributed by atoms with Crippen LogP contribution in [0.25, 0.3) is 0 Å². The third-order valence-electron chi connectivity index (χ3n) is 2.13. The van der Waals surface area contributed by atoms with Gasteiger partial charge in [0.1, 0.15) is 0 Å². The van der Waals surface area contributed by atoms with E-state index in [1.165, 1.54) is 11.1 Å². The minimum atomic E-state index is 0.481. The zero-order valence-electron chi connectivity index (χ0n) is 8.50. The Bertz CT molecular complexity index is 260. The average Bonchev–Trinajstić information content (AvgIpc) is 2.14. The third kappa shape index (κ3) is 3.05. The molecule has 0 aromatic heterocycles. The zero-order valence-corrected chi connectivity index (χ0v) is 9.32. The van der Waals surface area contributed by atoms with Crippen molar-refractivity contribution in [1.82, 2.24) is 5.32 Å². The lowest BCUT2D eigenvalue weighted by molar-refractivity contribution is 0.662. The molecule has 0 saturated carbocycles. The van der Waals surface area contributed by atoms with Crippen molar-refractivity contribution in [3.63, 3.8) is 0 Å². The van der Waals surface area contributed by atoms with Crippen LogP contribution < -0.4 is 5.32 Å². The molecule has 0 amide bonds. The van der Waals surface area contributed by atoms with Gasteiger partial charge in [-0.25, -0.2) is 0 Å². The lowest BCUT2D eigenvalue weighted by Gasteiger charge is -2.15. The van der Waals surface area contributed by atoms with E-state index in [-0.39, 0.29) is 0 Å². The Morgan fingerprint density at radius 3 is 2.77 bits per heavy atom. The molecule has 0 saturated heterocycles. The van der Waals surface area contributed by atoms with Crippen LogP contribution in [0.2, 0.25) is 0 Å². The van der Waals surface area contributed by atoms with Crippen LogP contribution in [0.5, 0.6) is 0 Å². The summed E-state index contributed by atoms with van der Waals surface area (Å²) < 4.78 is 0. The van der Waals surface area contributed by atoms with Crippen LogP contribution in [-0.4, -0.2) is 19.1 Å². The van der Waals surface area contributed by atoms with Crippen molar-refractivity contribution in [2.75, 3.05) is 19.1 Å². The van der Waals surface area contributed by atoms with E-state index in [4.69, 9.17) is 0 Å². The van der Waals surface area contributed by atoms with E-state index < -0.39 is 0 Å². The molecule has 0 aliphatic carbocycles. The molecule has 1 N–H and O–H groups in total. The van der Waals surface area contributed by atoms with Gasteiger partial charge in [-0.15, -0.1) is 0 Å². The smallest absolute Gasteiger partial charge is 0.0409 e. The summed E-state index contributed by atoms with van der Waals surface area (Å²) in [6.45, 7) is 2.13. The van der Waals surface area contributed by atoms with Crippen LogP contribution in [0.4, 0.5) is 0 Å². The molecular weight excluding hydrogens is 178 g/mol. The maximum absolute atomic E-state index is 3.33. The van der Waals surface area contributed by atoms with Gasteiger partial charge >= 0.3 is 0 Å².